The van der Waals surface area contributed by atoms with Gasteiger partial charge in [0, 0.05) is 52.0 Å². The Morgan fingerprint density at radius 2 is 1.51 bits per heavy atom. The lowest BCUT2D eigenvalue weighted by molar-refractivity contribution is -0.837. The maximum Gasteiger partial charge on any atom is 0.553 e. The van der Waals surface area contributed by atoms with Gasteiger partial charge in [-0.2, -0.15) is 9.13 Å². The van der Waals surface area contributed by atoms with E-state index in [4.69, 9.17) is 0 Å². The molecule has 6 heteroatoms. The van der Waals surface area contributed by atoms with Gasteiger partial charge in [-0.25, -0.2) is 0 Å². The number of carbonyl (C=O) groups is 1. The molecule has 39 heavy (non-hydrogen) atoms. The first-order valence-corrected chi connectivity index (χ1v) is 13.5. The van der Waals surface area contributed by atoms with Crippen LogP contribution in [0.25, 0.3) is 30.4 Å². The van der Waals surface area contributed by atoms with E-state index in [2.05, 4.69) is 90.4 Å². The van der Waals surface area contributed by atoms with Crippen LogP contribution < -0.4 is 10.7 Å². The minimum Gasteiger partial charge on any atom is -0.481 e. The average Bonchev–Trinajstić information content (AvgIpc) is 3.54. The van der Waals surface area contributed by atoms with E-state index in [1.54, 1.807) is 0 Å². The minimum atomic E-state index is -0.778. The number of aliphatic carboxylic acids is 1. The number of hydrogen-bond acceptors (Lipinski definition) is 1. The molecule has 2 aromatic rings. The molecule has 2 aromatic heterocycles. The highest BCUT2D eigenvalue weighted by Crippen LogP contribution is 2.51. The van der Waals surface area contributed by atoms with Gasteiger partial charge >= 0.3 is 11.9 Å². The van der Waals surface area contributed by atoms with Crippen LogP contribution in [0, 0.1) is 13.8 Å². The average molecular weight is 515 g/mol. The third-order valence-corrected chi connectivity index (χ3v) is 9.82. The lowest BCUT2D eigenvalue weighted by Crippen LogP contribution is -2.70. The molecule has 0 amide bonds. The Morgan fingerprint density at radius 1 is 0.821 bits per heavy atom. The second kappa shape index (κ2) is 6.75. The lowest BCUT2D eigenvalue weighted by atomic mass is 9.98. The highest BCUT2D eigenvalue weighted by atomic mass is 16.4. The first kappa shape index (κ1) is 22.5. The quantitative estimate of drug-likeness (QED) is 0.615. The van der Waals surface area contributed by atoms with Gasteiger partial charge in [0.25, 0.3) is 0 Å². The van der Waals surface area contributed by atoms with E-state index in [9.17, 15) is 9.90 Å². The molecule has 0 bridgehead atoms. The number of aromatic nitrogens is 2. The molecule has 0 aromatic carbocycles. The summed E-state index contributed by atoms with van der Waals surface area (Å²) in [4.78, 5) is 11.7. The molecule has 1 N–H and O–H groups in total. The van der Waals surface area contributed by atoms with Crippen molar-refractivity contribution in [3.63, 3.8) is 0 Å². The van der Waals surface area contributed by atoms with Gasteiger partial charge in [-0.1, -0.05) is 34.5 Å². The molecule has 1 spiro atoms. The fourth-order valence-corrected chi connectivity index (χ4v) is 7.90. The van der Waals surface area contributed by atoms with Crippen LogP contribution in [0.15, 0.2) is 52.9 Å². The van der Waals surface area contributed by atoms with E-state index in [1.807, 2.05) is 12.2 Å². The summed E-state index contributed by atoms with van der Waals surface area (Å²) >= 11 is 0. The van der Waals surface area contributed by atoms with Crippen molar-refractivity contribution in [3.8, 4) is 0 Å². The first-order chi connectivity index (χ1) is 18.7. The van der Waals surface area contributed by atoms with Crippen LogP contribution in [0.3, 0.4) is 0 Å². The number of allylic oxidation sites excluding steroid dienone is 5. The van der Waals surface area contributed by atoms with E-state index in [0.717, 1.165) is 50.1 Å². The summed E-state index contributed by atoms with van der Waals surface area (Å²) in [6.45, 7) is 19.4. The normalized spacial score (nSPS) is 22.5. The smallest absolute Gasteiger partial charge is 0.481 e. The molecule has 8 heterocycles. The SMILES string of the molecule is C=Cc1c(C)c2n3c1C=c1c(C)c(C=C)c4n1[C@]31[N+]3=C(C=C5C(CCC(=O)O)=C(C)C(=[N+]51)C=4)C(C)=C(C)C3=C2. The van der Waals surface area contributed by atoms with Gasteiger partial charge < -0.3 is 5.11 Å². The monoisotopic (exact) mass is 514 g/mol. The highest BCUT2D eigenvalue weighted by Gasteiger charge is 2.72. The molecule has 0 saturated carbocycles. The first-order valence-electron chi connectivity index (χ1n) is 13.5. The largest absolute Gasteiger partial charge is 0.553 e. The van der Waals surface area contributed by atoms with Crippen LogP contribution in [-0.2, 0) is 10.7 Å². The van der Waals surface area contributed by atoms with Crippen LogP contribution >= 0.6 is 0 Å². The van der Waals surface area contributed by atoms with Crippen molar-refractivity contribution in [1.82, 2.24) is 9.13 Å². The van der Waals surface area contributed by atoms with Gasteiger partial charge in [0.15, 0.2) is 0 Å². The van der Waals surface area contributed by atoms with Crippen LogP contribution in [0.4, 0.5) is 0 Å². The van der Waals surface area contributed by atoms with Crippen LogP contribution in [-0.4, -0.2) is 40.8 Å². The molecule has 0 aliphatic carbocycles. The number of rotatable bonds is 5. The summed E-state index contributed by atoms with van der Waals surface area (Å²) < 4.78 is 9.96. The maximum atomic E-state index is 11.7. The summed E-state index contributed by atoms with van der Waals surface area (Å²) in [5.74, 6) is -1.54. The van der Waals surface area contributed by atoms with Crippen molar-refractivity contribution in [2.75, 3.05) is 0 Å². The molecule has 0 unspecified atom stereocenters. The van der Waals surface area contributed by atoms with Crippen LogP contribution in [0.2, 0.25) is 0 Å². The Kier molecular flexibility index (Phi) is 3.90. The second-order valence-corrected chi connectivity index (χ2v) is 11.3. The summed E-state index contributed by atoms with van der Waals surface area (Å²) in [6, 6.07) is 0. The fourth-order valence-electron chi connectivity index (χ4n) is 7.90. The van der Waals surface area contributed by atoms with Crippen LogP contribution in [0.5, 0.6) is 0 Å². The topological polar surface area (TPSA) is 53.2 Å². The maximum absolute atomic E-state index is 11.7. The molecule has 6 nitrogen and oxygen atoms in total. The zero-order valence-corrected chi connectivity index (χ0v) is 22.9. The van der Waals surface area contributed by atoms with E-state index < -0.39 is 11.9 Å². The van der Waals surface area contributed by atoms with Crippen molar-refractivity contribution in [2.24, 2.45) is 0 Å². The highest BCUT2D eigenvalue weighted by molar-refractivity contribution is 6.20. The van der Waals surface area contributed by atoms with E-state index in [-0.39, 0.29) is 6.42 Å². The standard InChI is InChI=1S/C33H29N4O2/c1-8-21-18(5)26-12-24-16(3)17(4)25-13-31-23(10-11-32(38)39)20(7)28-15-30-22(9-2)19(6)27-14-29(21)35(26)33(34(24)25,36(27)30)37(28)31/h8-9,12-15H,1-2,10-11H2,3-7H3/q+1/p+1/t33-/m0/s1. The van der Waals surface area contributed by atoms with Gasteiger partial charge in [-0.3, -0.25) is 4.79 Å². The zero-order chi connectivity index (χ0) is 27.3. The minimum absolute atomic E-state index is 0.0955. The van der Waals surface area contributed by atoms with Crippen molar-refractivity contribution >= 4 is 47.8 Å². The summed E-state index contributed by atoms with van der Waals surface area (Å²) in [7, 11) is 0. The van der Waals surface area contributed by atoms with Crippen molar-refractivity contribution in [2.45, 2.75) is 53.4 Å². The van der Waals surface area contributed by atoms with E-state index >= 15 is 0 Å². The molecular formula is C33H30N4O2+2. The van der Waals surface area contributed by atoms with Crippen molar-refractivity contribution in [3.05, 3.63) is 97.3 Å². The lowest BCUT2D eigenvalue weighted by Gasteiger charge is -2.38. The third kappa shape index (κ3) is 2.15. The zero-order valence-electron chi connectivity index (χ0n) is 22.9. The Morgan fingerprint density at radius 3 is 2.21 bits per heavy atom. The molecule has 6 aliphatic heterocycles. The van der Waals surface area contributed by atoms with Gasteiger partial charge in [0.05, 0.1) is 28.2 Å². The van der Waals surface area contributed by atoms with Crippen molar-refractivity contribution in [1.29, 1.82) is 0 Å². The predicted octanol–water partition coefficient (Wildman–Crippen LogP) is 3.95. The molecule has 6 aliphatic rings. The predicted molar refractivity (Wildman–Crippen MR) is 154 cm³/mol. The molecule has 8 rings (SSSR count). The second-order valence-electron chi connectivity index (χ2n) is 11.3. The molecular weight excluding hydrogens is 484 g/mol. The molecule has 0 fully saturated rings. The summed E-state index contributed by atoms with van der Waals surface area (Å²) in [6.07, 6.45) is 13.8. The van der Waals surface area contributed by atoms with E-state index in [0.29, 0.717) is 6.42 Å². The van der Waals surface area contributed by atoms with E-state index in [1.165, 1.54) is 39.4 Å². The molecule has 0 saturated heterocycles. The Balaban J connectivity index is 1.65. The number of nitrogens with zero attached hydrogens (tertiary/aromatic N) is 4. The molecule has 1 atom stereocenters. The van der Waals surface area contributed by atoms with Gasteiger partial charge in [-0.05, 0) is 58.2 Å². The number of carboxylic acids is 1. The van der Waals surface area contributed by atoms with Gasteiger partial charge in [-0.15, -0.1) is 0 Å². The molecule has 0 radical (unpaired) electrons. The number of carboxylic acid groups (broad SMARTS) is 1. The summed E-state index contributed by atoms with van der Waals surface area (Å²) in [5.41, 5.74) is 16.4. The Bertz CT molecular complexity index is 2060. The van der Waals surface area contributed by atoms with Crippen LogP contribution in [0.1, 0.15) is 67.3 Å². The fraction of sp³-hybridized carbons (Fsp3) is 0.242. The number of hydrogen-bond donors (Lipinski definition) is 1. The Labute approximate surface area is 226 Å². The van der Waals surface area contributed by atoms with Gasteiger partial charge in [0.2, 0.25) is 22.8 Å². The van der Waals surface area contributed by atoms with Gasteiger partial charge in [0.1, 0.15) is 0 Å². The Hall–Kier alpha value is -4.45. The molecule has 192 valence electrons. The third-order valence-electron chi connectivity index (χ3n) is 9.82. The summed E-state index contributed by atoms with van der Waals surface area (Å²) in [5, 5.41) is 11.9. The van der Waals surface area contributed by atoms with Crippen molar-refractivity contribution < 1.29 is 19.1 Å².